The third-order valence-electron chi connectivity index (χ3n) is 5.60. The molecule has 2 N–H and O–H groups in total. The predicted octanol–water partition coefficient (Wildman–Crippen LogP) is 5.65. The van der Waals surface area contributed by atoms with Gasteiger partial charge in [0.25, 0.3) is 0 Å². The van der Waals surface area contributed by atoms with Crippen molar-refractivity contribution in [3.8, 4) is 57.2 Å². The van der Waals surface area contributed by atoms with Gasteiger partial charge in [0.1, 0.15) is 34.6 Å². The second-order valence-electron chi connectivity index (χ2n) is 8.77. The second-order valence-corrected chi connectivity index (χ2v) is 9.21. The number of nitrogens with zero attached hydrogens (tertiary/aromatic N) is 3. The predicted molar refractivity (Wildman–Crippen MR) is 146 cm³/mol. The lowest BCUT2D eigenvalue weighted by atomic mass is 10.1. The minimum absolute atomic E-state index is 0.00203. The molecule has 0 bridgehead atoms. The van der Waals surface area contributed by atoms with Crippen molar-refractivity contribution < 1.29 is 29.3 Å². The lowest BCUT2D eigenvalue weighted by molar-refractivity contribution is -0.118. The maximum Gasteiger partial charge on any atom is 0.167 e. The summed E-state index contributed by atoms with van der Waals surface area (Å²) in [7, 11) is 0. The summed E-state index contributed by atoms with van der Waals surface area (Å²) in [6.07, 6.45) is 0.516. The molecule has 4 rings (SSSR count). The number of aromatic nitrogens is 3. The van der Waals surface area contributed by atoms with E-state index in [0.29, 0.717) is 39.0 Å². The number of ketones is 2. The van der Waals surface area contributed by atoms with Gasteiger partial charge in [0.15, 0.2) is 17.5 Å². The standard InChI is InChI=1S/C29H26ClN3O6/c1-17(34)11-13-38-21-7-9-23(25(36)15-21)28-31-27(19-3-5-20(30)6-4-19)32-29(33-28)24-10-8-22(16-26(24)37)39-14-12-18(2)35/h3-10,15-16,36-37H,11-14H2,1-2H3. The summed E-state index contributed by atoms with van der Waals surface area (Å²) in [6.45, 7) is 3.35. The maximum atomic E-state index is 11.2. The van der Waals surface area contributed by atoms with Gasteiger partial charge < -0.3 is 19.7 Å². The second kappa shape index (κ2) is 12.4. The number of ether oxygens (including phenoxy) is 2. The molecular formula is C29H26ClN3O6. The van der Waals surface area contributed by atoms with Gasteiger partial charge in [0.2, 0.25) is 0 Å². The quantitative estimate of drug-likeness (QED) is 0.244. The zero-order valence-electron chi connectivity index (χ0n) is 21.3. The highest BCUT2D eigenvalue weighted by Crippen LogP contribution is 2.35. The molecule has 9 nitrogen and oxygen atoms in total. The van der Waals surface area contributed by atoms with E-state index in [2.05, 4.69) is 15.0 Å². The number of phenols is 2. The van der Waals surface area contributed by atoms with Crippen molar-refractivity contribution in [2.24, 2.45) is 0 Å². The Labute approximate surface area is 230 Å². The normalized spacial score (nSPS) is 10.7. The summed E-state index contributed by atoms with van der Waals surface area (Å²) in [5.74, 6) is 1.16. The van der Waals surface area contributed by atoms with Gasteiger partial charge in [0.05, 0.1) is 24.3 Å². The average molecular weight is 548 g/mol. The molecule has 0 unspecified atom stereocenters. The Morgan fingerprint density at radius 2 is 1.13 bits per heavy atom. The number of Topliss-reactive ketones (excluding diaryl/α,β-unsaturated/α-hetero) is 2. The van der Waals surface area contributed by atoms with Crippen molar-refractivity contribution in [1.29, 1.82) is 0 Å². The molecule has 0 atom stereocenters. The number of hydrogen-bond donors (Lipinski definition) is 2. The smallest absolute Gasteiger partial charge is 0.167 e. The van der Waals surface area contributed by atoms with Gasteiger partial charge in [-0.2, -0.15) is 0 Å². The molecule has 10 heteroatoms. The number of phenolic OH excluding ortho intramolecular Hbond substituents is 2. The van der Waals surface area contributed by atoms with Gasteiger partial charge in [0, 0.05) is 35.6 Å². The zero-order valence-corrected chi connectivity index (χ0v) is 22.1. The van der Waals surface area contributed by atoms with Gasteiger partial charge in [-0.05, 0) is 62.4 Å². The summed E-state index contributed by atoms with van der Waals surface area (Å²) >= 11 is 6.05. The highest BCUT2D eigenvalue weighted by Gasteiger charge is 2.18. The Hall–Kier alpha value is -4.50. The summed E-state index contributed by atoms with van der Waals surface area (Å²) in [4.78, 5) is 36.0. The highest BCUT2D eigenvalue weighted by atomic mass is 35.5. The molecule has 4 aromatic rings. The average Bonchev–Trinajstić information content (AvgIpc) is 2.88. The molecule has 1 heterocycles. The van der Waals surface area contributed by atoms with Gasteiger partial charge in [-0.25, -0.2) is 15.0 Å². The van der Waals surface area contributed by atoms with E-state index in [1.165, 1.54) is 26.0 Å². The third kappa shape index (κ3) is 7.30. The molecule has 0 fully saturated rings. The summed E-state index contributed by atoms with van der Waals surface area (Å²) in [5.41, 5.74) is 1.28. The largest absolute Gasteiger partial charge is 0.507 e. The Bertz CT molecular complexity index is 1420. The number of aromatic hydroxyl groups is 2. The lowest BCUT2D eigenvalue weighted by Gasteiger charge is -2.12. The van der Waals surface area contributed by atoms with E-state index in [1.807, 2.05) is 0 Å². The van der Waals surface area contributed by atoms with Gasteiger partial charge in [-0.15, -0.1) is 0 Å². The van der Waals surface area contributed by atoms with Crippen LogP contribution in [0.15, 0.2) is 60.7 Å². The number of carbonyl (C=O) groups is 2. The molecule has 0 aliphatic heterocycles. The van der Waals surface area contributed by atoms with Crippen LogP contribution in [-0.4, -0.2) is 49.9 Å². The van der Waals surface area contributed by atoms with Crippen LogP contribution in [0.2, 0.25) is 5.02 Å². The van der Waals surface area contributed by atoms with E-state index in [1.54, 1.807) is 48.5 Å². The van der Waals surface area contributed by atoms with Crippen molar-refractivity contribution in [1.82, 2.24) is 15.0 Å². The molecule has 0 aliphatic rings. The fourth-order valence-electron chi connectivity index (χ4n) is 3.55. The van der Waals surface area contributed by atoms with Crippen molar-refractivity contribution in [3.05, 3.63) is 65.7 Å². The van der Waals surface area contributed by atoms with Crippen LogP contribution >= 0.6 is 11.6 Å². The minimum atomic E-state index is -0.132. The highest BCUT2D eigenvalue weighted by molar-refractivity contribution is 6.30. The molecule has 0 aliphatic carbocycles. The van der Waals surface area contributed by atoms with E-state index in [-0.39, 0.29) is 60.8 Å². The van der Waals surface area contributed by atoms with E-state index in [0.717, 1.165) is 0 Å². The van der Waals surface area contributed by atoms with Crippen LogP contribution in [0, 0.1) is 0 Å². The van der Waals surface area contributed by atoms with Crippen LogP contribution in [0.4, 0.5) is 0 Å². The Balaban J connectivity index is 1.72. The van der Waals surface area contributed by atoms with E-state index < -0.39 is 0 Å². The Kier molecular flexibility index (Phi) is 8.73. The van der Waals surface area contributed by atoms with E-state index >= 15 is 0 Å². The molecule has 1 aromatic heterocycles. The molecule has 200 valence electrons. The summed E-state index contributed by atoms with van der Waals surface area (Å²) in [6, 6.07) is 16.3. The summed E-state index contributed by atoms with van der Waals surface area (Å²) in [5, 5.41) is 22.1. The number of halogens is 1. The fourth-order valence-corrected chi connectivity index (χ4v) is 3.68. The number of rotatable bonds is 11. The fraction of sp³-hybridized carbons (Fsp3) is 0.207. The molecule has 0 spiro atoms. The molecule has 0 saturated heterocycles. The van der Waals surface area contributed by atoms with Crippen LogP contribution in [0.1, 0.15) is 26.7 Å². The molecule has 3 aromatic carbocycles. The lowest BCUT2D eigenvalue weighted by Crippen LogP contribution is -2.03. The first-order valence-corrected chi connectivity index (χ1v) is 12.5. The zero-order chi connectivity index (χ0) is 27.9. The van der Waals surface area contributed by atoms with E-state index in [4.69, 9.17) is 21.1 Å². The van der Waals surface area contributed by atoms with Crippen molar-refractivity contribution in [3.63, 3.8) is 0 Å². The number of carbonyl (C=O) groups excluding carboxylic acids is 2. The van der Waals surface area contributed by atoms with Crippen molar-refractivity contribution >= 4 is 23.2 Å². The van der Waals surface area contributed by atoms with Gasteiger partial charge in [-0.3, -0.25) is 9.59 Å². The topological polar surface area (TPSA) is 132 Å². The molecule has 0 radical (unpaired) electrons. The van der Waals surface area contributed by atoms with Crippen LogP contribution in [0.25, 0.3) is 34.2 Å². The van der Waals surface area contributed by atoms with Crippen LogP contribution < -0.4 is 9.47 Å². The number of benzene rings is 3. The maximum absolute atomic E-state index is 11.2. The Morgan fingerprint density at radius 3 is 1.54 bits per heavy atom. The molecule has 39 heavy (non-hydrogen) atoms. The minimum Gasteiger partial charge on any atom is -0.507 e. The first kappa shape index (κ1) is 27.5. The Morgan fingerprint density at radius 1 is 0.692 bits per heavy atom. The van der Waals surface area contributed by atoms with E-state index in [9.17, 15) is 19.8 Å². The number of hydrogen-bond acceptors (Lipinski definition) is 9. The van der Waals surface area contributed by atoms with Gasteiger partial charge >= 0.3 is 0 Å². The van der Waals surface area contributed by atoms with Crippen LogP contribution in [0.3, 0.4) is 0 Å². The van der Waals surface area contributed by atoms with Gasteiger partial charge in [-0.1, -0.05) is 11.6 Å². The molecular weight excluding hydrogens is 522 g/mol. The molecule has 0 amide bonds. The van der Waals surface area contributed by atoms with Crippen molar-refractivity contribution in [2.45, 2.75) is 26.7 Å². The molecule has 0 saturated carbocycles. The van der Waals surface area contributed by atoms with Crippen molar-refractivity contribution in [2.75, 3.05) is 13.2 Å². The van der Waals surface area contributed by atoms with Crippen LogP contribution in [0.5, 0.6) is 23.0 Å². The monoisotopic (exact) mass is 547 g/mol. The first-order chi connectivity index (χ1) is 18.7. The van der Waals surface area contributed by atoms with Crippen LogP contribution in [-0.2, 0) is 9.59 Å². The third-order valence-corrected chi connectivity index (χ3v) is 5.86. The summed E-state index contributed by atoms with van der Waals surface area (Å²) < 4.78 is 11.1. The first-order valence-electron chi connectivity index (χ1n) is 12.1. The SMILES string of the molecule is CC(=O)CCOc1ccc(-c2nc(-c3ccc(Cl)cc3)nc(-c3ccc(OCCC(C)=O)cc3O)n2)c(O)c1.